The molecule has 0 aromatic heterocycles. The molecule has 16 heavy (non-hydrogen) atoms. The lowest BCUT2D eigenvalue weighted by Gasteiger charge is -2.06. The summed E-state index contributed by atoms with van der Waals surface area (Å²) < 4.78 is 15.8. The van der Waals surface area contributed by atoms with Gasteiger partial charge in [0.25, 0.3) is 0 Å². The van der Waals surface area contributed by atoms with E-state index in [0.29, 0.717) is 13.0 Å². The van der Waals surface area contributed by atoms with E-state index in [4.69, 9.17) is 14.5 Å². The number of carbonyl (C=O) groups is 1. The fourth-order valence-electron chi connectivity index (χ4n) is 1.09. The first-order valence-electron chi connectivity index (χ1n) is 4.78. The van der Waals surface area contributed by atoms with Gasteiger partial charge in [0.2, 0.25) is 0 Å². The van der Waals surface area contributed by atoms with Crippen LogP contribution in [0.4, 0.5) is 0 Å². The van der Waals surface area contributed by atoms with E-state index in [1.54, 1.807) is 0 Å². The second-order valence-corrected chi connectivity index (χ2v) is 4.83. The van der Waals surface area contributed by atoms with Crippen molar-refractivity contribution in [3.05, 3.63) is 29.8 Å². The van der Waals surface area contributed by atoms with Gasteiger partial charge in [-0.05, 0) is 24.6 Å². The van der Waals surface area contributed by atoms with Gasteiger partial charge in [-0.3, -0.25) is 4.57 Å². The summed E-state index contributed by atoms with van der Waals surface area (Å²) in [6.45, 7) is 2.15. The molecule has 1 aromatic carbocycles. The van der Waals surface area contributed by atoms with Crippen LogP contribution in [0.3, 0.4) is 0 Å². The Morgan fingerprint density at radius 1 is 1.44 bits per heavy atom. The third-order valence-electron chi connectivity index (χ3n) is 1.86. The van der Waals surface area contributed by atoms with E-state index in [2.05, 4.69) is 0 Å². The van der Waals surface area contributed by atoms with Crippen molar-refractivity contribution in [2.24, 2.45) is 0 Å². The van der Waals surface area contributed by atoms with Crippen LogP contribution in [0.1, 0.15) is 23.7 Å². The molecule has 1 aromatic rings. The highest BCUT2D eigenvalue weighted by Crippen LogP contribution is 2.33. The Labute approximate surface area is 93.2 Å². The summed E-state index contributed by atoms with van der Waals surface area (Å²) in [4.78, 5) is 29.3. The molecule has 0 fully saturated rings. The molecule has 0 radical (unpaired) electrons. The molecule has 0 spiro atoms. The summed E-state index contributed by atoms with van der Waals surface area (Å²) in [5.74, 6) is -0.572. The molecular formula is C10H13O5P. The summed E-state index contributed by atoms with van der Waals surface area (Å²) in [5, 5.41) is -0.182. The minimum Gasteiger partial charge on any atom is -0.462 e. The molecule has 0 aliphatic carbocycles. The van der Waals surface area contributed by atoms with E-state index in [1.807, 2.05) is 6.92 Å². The van der Waals surface area contributed by atoms with Crippen molar-refractivity contribution in [3.63, 3.8) is 0 Å². The third-order valence-corrected chi connectivity index (χ3v) is 2.81. The van der Waals surface area contributed by atoms with Gasteiger partial charge in [-0.25, -0.2) is 4.79 Å². The average molecular weight is 244 g/mol. The molecule has 0 amide bonds. The highest BCUT2D eigenvalue weighted by atomic mass is 31.2. The van der Waals surface area contributed by atoms with Crippen LogP contribution >= 0.6 is 7.60 Å². The van der Waals surface area contributed by atoms with Gasteiger partial charge in [0, 0.05) is 0 Å². The Balaban J connectivity index is 2.91. The predicted molar refractivity (Wildman–Crippen MR) is 58.7 cm³/mol. The van der Waals surface area contributed by atoms with Gasteiger partial charge < -0.3 is 14.5 Å². The van der Waals surface area contributed by atoms with Crippen molar-refractivity contribution in [3.8, 4) is 0 Å². The normalized spacial score (nSPS) is 11.2. The summed E-state index contributed by atoms with van der Waals surface area (Å²) in [6.07, 6.45) is 0.698. The molecule has 0 heterocycles. The van der Waals surface area contributed by atoms with Crippen LogP contribution in [0.15, 0.2) is 24.3 Å². The zero-order valence-corrected chi connectivity index (χ0v) is 9.68. The van der Waals surface area contributed by atoms with E-state index >= 15 is 0 Å². The molecule has 1 rings (SSSR count). The van der Waals surface area contributed by atoms with Crippen LogP contribution in [0.25, 0.3) is 0 Å². The lowest BCUT2D eigenvalue weighted by molar-refractivity contribution is 0.0505. The molecule has 0 saturated heterocycles. The van der Waals surface area contributed by atoms with E-state index in [9.17, 15) is 9.36 Å². The van der Waals surface area contributed by atoms with Crippen molar-refractivity contribution < 1.29 is 23.9 Å². The van der Waals surface area contributed by atoms with Gasteiger partial charge in [-0.2, -0.15) is 0 Å². The van der Waals surface area contributed by atoms with E-state index in [-0.39, 0.29) is 10.9 Å². The maximum atomic E-state index is 11.4. The second kappa shape index (κ2) is 5.25. The van der Waals surface area contributed by atoms with Crippen LogP contribution in [-0.2, 0) is 9.30 Å². The lowest BCUT2D eigenvalue weighted by atomic mass is 10.2. The molecule has 2 N–H and O–H groups in total. The lowest BCUT2D eigenvalue weighted by Crippen LogP contribution is -2.10. The summed E-state index contributed by atoms with van der Waals surface area (Å²) in [5.41, 5.74) is 0.147. The molecule has 88 valence electrons. The largest absolute Gasteiger partial charge is 0.462 e. The van der Waals surface area contributed by atoms with Crippen LogP contribution in [0.2, 0.25) is 0 Å². The summed E-state index contributed by atoms with van der Waals surface area (Å²) in [7, 11) is -4.32. The number of hydrogen-bond donors (Lipinski definition) is 2. The van der Waals surface area contributed by atoms with Crippen LogP contribution in [-0.4, -0.2) is 22.4 Å². The molecule has 0 unspecified atom stereocenters. The maximum absolute atomic E-state index is 11.4. The number of rotatable bonds is 4. The molecule has 0 aliphatic rings. The van der Waals surface area contributed by atoms with Gasteiger partial charge in [-0.15, -0.1) is 0 Å². The fourth-order valence-corrected chi connectivity index (χ4v) is 1.68. The molecular weight excluding hydrogens is 231 g/mol. The highest BCUT2D eigenvalue weighted by molar-refractivity contribution is 7.60. The SMILES string of the molecule is CCCOC(=O)c1cccc(P(=O)(O)O)c1. The van der Waals surface area contributed by atoms with Gasteiger partial charge in [0.05, 0.1) is 17.5 Å². The maximum Gasteiger partial charge on any atom is 0.356 e. The van der Waals surface area contributed by atoms with Crippen LogP contribution in [0, 0.1) is 0 Å². The molecule has 0 bridgehead atoms. The number of hydrogen-bond acceptors (Lipinski definition) is 3. The van der Waals surface area contributed by atoms with Gasteiger partial charge >= 0.3 is 13.6 Å². The third kappa shape index (κ3) is 3.45. The van der Waals surface area contributed by atoms with Gasteiger partial charge in [0.15, 0.2) is 0 Å². The number of carbonyl (C=O) groups excluding carboxylic acids is 1. The zero-order chi connectivity index (χ0) is 12.2. The van der Waals surface area contributed by atoms with Crippen molar-refractivity contribution >= 4 is 18.9 Å². The second-order valence-electron chi connectivity index (χ2n) is 3.23. The van der Waals surface area contributed by atoms with Gasteiger partial charge in [0.1, 0.15) is 0 Å². The molecule has 0 aliphatic heterocycles. The van der Waals surface area contributed by atoms with Crippen molar-refractivity contribution in [1.29, 1.82) is 0 Å². The molecule has 0 saturated carbocycles. The highest BCUT2D eigenvalue weighted by Gasteiger charge is 2.18. The number of ether oxygens (including phenoxy) is 1. The fraction of sp³-hybridized carbons (Fsp3) is 0.300. The number of benzene rings is 1. The quantitative estimate of drug-likeness (QED) is 0.611. The van der Waals surface area contributed by atoms with E-state index in [1.165, 1.54) is 18.2 Å². The van der Waals surface area contributed by atoms with E-state index < -0.39 is 13.6 Å². The summed E-state index contributed by atoms with van der Waals surface area (Å²) >= 11 is 0. The average Bonchev–Trinajstić information content (AvgIpc) is 2.25. The van der Waals surface area contributed by atoms with Crippen molar-refractivity contribution in [1.82, 2.24) is 0 Å². The predicted octanol–water partition coefficient (Wildman–Crippen LogP) is 1.06. The Bertz CT molecular complexity index is 423. The van der Waals surface area contributed by atoms with Crippen molar-refractivity contribution in [2.45, 2.75) is 13.3 Å². The first kappa shape index (κ1) is 12.9. The monoisotopic (exact) mass is 244 g/mol. The van der Waals surface area contributed by atoms with Crippen LogP contribution < -0.4 is 5.30 Å². The minimum absolute atomic E-state index is 0.147. The molecule has 0 atom stereocenters. The summed E-state index contributed by atoms with van der Waals surface area (Å²) in [6, 6.07) is 5.30. The molecule has 5 nitrogen and oxygen atoms in total. The van der Waals surface area contributed by atoms with Crippen LogP contribution in [0.5, 0.6) is 0 Å². The first-order valence-corrected chi connectivity index (χ1v) is 6.39. The Hall–Kier alpha value is -1.16. The number of esters is 1. The Kier molecular flexibility index (Phi) is 4.24. The smallest absolute Gasteiger partial charge is 0.356 e. The Morgan fingerprint density at radius 2 is 2.12 bits per heavy atom. The minimum atomic E-state index is -4.32. The standard InChI is InChI=1S/C10H13O5P/c1-2-6-15-10(11)8-4-3-5-9(7-8)16(12,13)14/h3-5,7H,2,6H2,1H3,(H2,12,13,14). The van der Waals surface area contributed by atoms with E-state index in [0.717, 1.165) is 6.07 Å². The van der Waals surface area contributed by atoms with Gasteiger partial charge in [-0.1, -0.05) is 13.0 Å². The molecule has 6 heteroatoms. The Morgan fingerprint density at radius 3 is 2.69 bits per heavy atom. The van der Waals surface area contributed by atoms with Crippen molar-refractivity contribution in [2.75, 3.05) is 6.61 Å². The zero-order valence-electron chi connectivity index (χ0n) is 8.79. The first-order chi connectivity index (χ1) is 7.45. The topological polar surface area (TPSA) is 83.8 Å².